The van der Waals surface area contributed by atoms with Gasteiger partial charge in [-0.1, -0.05) is 73.7 Å². The van der Waals surface area contributed by atoms with Crippen molar-refractivity contribution in [3.05, 3.63) is 106 Å². The third-order valence-electron chi connectivity index (χ3n) is 4.84. The van der Waals surface area contributed by atoms with Crippen molar-refractivity contribution in [3.63, 3.8) is 0 Å². The minimum absolute atomic E-state index is 0.0299. The van der Waals surface area contributed by atoms with Crippen molar-refractivity contribution in [2.75, 3.05) is 6.54 Å². The van der Waals surface area contributed by atoms with E-state index in [1.807, 2.05) is 60.7 Å². The number of aliphatic hydroxyl groups is 1. The number of aliphatic carboxylic acids is 2. The molecule has 6 nitrogen and oxygen atoms in total. The van der Waals surface area contributed by atoms with Crippen LogP contribution in [0.25, 0.3) is 0 Å². The van der Waals surface area contributed by atoms with Crippen LogP contribution in [0.2, 0.25) is 0 Å². The van der Waals surface area contributed by atoms with Gasteiger partial charge in [-0.15, -0.1) is 11.3 Å². The highest BCUT2D eigenvalue weighted by Gasteiger charge is 2.37. The number of nitrogens with one attached hydrogen (secondary N) is 1. The van der Waals surface area contributed by atoms with Gasteiger partial charge in [-0.25, -0.2) is 9.59 Å². The smallest absolute Gasteiger partial charge is 0.328 e. The molecule has 0 amide bonds. The van der Waals surface area contributed by atoms with Crippen molar-refractivity contribution in [3.8, 4) is 0 Å². The predicted octanol–water partition coefficient (Wildman–Crippen LogP) is 4.12. The van der Waals surface area contributed by atoms with Crippen LogP contribution >= 0.6 is 11.3 Å². The normalized spacial score (nSPS) is 12.1. The molecule has 0 bridgehead atoms. The molecular formula is C25H27NO5S. The zero-order valence-electron chi connectivity index (χ0n) is 17.7. The van der Waals surface area contributed by atoms with E-state index >= 15 is 0 Å². The summed E-state index contributed by atoms with van der Waals surface area (Å²) in [5, 5.41) is 32.8. The lowest BCUT2D eigenvalue weighted by Crippen LogP contribution is -2.40. The molecule has 0 saturated carbocycles. The van der Waals surface area contributed by atoms with Gasteiger partial charge >= 0.3 is 11.9 Å². The fourth-order valence-electron chi connectivity index (χ4n) is 3.24. The van der Waals surface area contributed by atoms with E-state index in [-0.39, 0.29) is 5.92 Å². The largest absolute Gasteiger partial charge is 0.478 e. The maximum Gasteiger partial charge on any atom is 0.328 e. The third kappa shape index (κ3) is 7.46. The van der Waals surface area contributed by atoms with Crippen LogP contribution in [0.3, 0.4) is 0 Å². The molecule has 0 spiro atoms. The minimum atomic E-state index is -1.26. The van der Waals surface area contributed by atoms with E-state index in [0.29, 0.717) is 12.2 Å². The van der Waals surface area contributed by atoms with Gasteiger partial charge in [0.25, 0.3) is 0 Å². The fourth-order valence-corrected chi connectivity index (χ4v) is 3.91. The van der Waals surface area contributed by atoms with Gasteiger partial charge in [-0.2, -0.15) is 0 Å². The lowest BCUT2D eigenvalue weighted by molar-refractivity contribution is -0.134. The molecule has 0 radical (unpaired) electrons. The van der Waals surface area contributed by atoms with Crippen LogP contribution in [0.5, 0.6) is 0 Å². The third-order valence-corrected chi connectivity index (χ3v) is 5.72. The van der Waals surface area contributed by atoms with Crippen molar-refractivity contribution in [2.24, 2.45) is 5.92 Å². The Hall–Kier alpha value is -3.26. The summed E-state index contributed by atoms with van der Waals surface area (Å²) in [6.07, 6.45) is 1.12. The SMILES string of the molecule is CC(CNCc1cccs1)C(O)(c1ccccc1)c1ccccc1.O=C(O)/C=C\C(=O)O. The number of carbonyl (C=O) groups is 2. The van der Waals surface area contributed by atoms with Gasteiger partial charge in [0.2, 0.25) is 0 Å². The lowest BCUT2D eigenvalue weighted by Gasteiger charge is -2.35. The van der Waals surface area contributed by atoms with E-state index in [1.165, 1.54) is 4.88 Å². The summed E-state index contributed by atoms with van der Waals surface area (Å²) in [6.45, 7) is 3.67. The van der Waals surface area contributed by atoms with Gasteiger partial charge in [0.05, 0.1) is 0 Å². The summed E-state index contributed by atoms with van der Waals surface area (Å²) >= 11 is 1.75. The molecule has 0 aliphatic heterocycles. The zero-order chi connectivity index (χ0) is 23.4. The maximum atomic E-state index is 11.6. The maximum absolute atomic E-state index is 11.6. The van der Waals surface area contributed by atoms with E-state index in [2.05, 4.69) is 29.8 Å². The molecule has 4 N–H and O–H groups in total. The molecule has 3 rings (SSSR count). The molecule has 0 saturated heterocycles. The number of thiophene rings is 1. The van der Waals surface area contributed by atoms with Gasteiger partial charge in [0.1, 0.15) is 5.60 Å². The molecule has 1 aromatic heterocycles. The van der Waals surface area contributed by atoms with Crippen LogP contribution < -0.4 is 5.32 Å². The molecule has 1 unspecified atom stereocenters. The first-order valence-corrected chi connectivity index (χ1v) is 10.9. The highest BCUT2D eigenvalue weighted by Crippen LogP contribution is 2.36. The predicted molar refractivity (Wildman–Crippen MR) is 125 cm³/mol. The Morgan fingerprint density at radius 1 is 0.906 bits per heavy atom. The summed E-state index contributed by atoms with van der Waals surface area (Å²) in [6, 6.07) is 24.1. The van der Waals surface area contributed by atoms with Gasteiger partial charge in [0.15, 0.2) is 0 Å². The highest BCUT2D eigenvalue weighted by molar-refractivity contribution is 7.09. The average molecular weight is 454 g/mol. The Morgan fingerprint density at radius 2 is 1.41 bits per heavy atom. The van der Waals surface area contributed by atoms with Crippen LogP contribution in [0, 0.1) is 5.92 Å². The Kier molecular flexibility index (Phi) is 9.81. The summed E-state index contributed by atoms with van der Waals surface area (Å²) in [5.41, 5.74) is 0.855. The number of rotatable bonds is 9. The van der Waals surface area contributed by atoms with Crippen LogP contribution in [-0.4, -0.2) is 33.8 Å². The number of carboxylic acids is 2. The van der Waals surface area contributed by atoms with E-state index in [9.17, 15) is 14.7 Å². The van der Waals surface area contributed by atoms with Crippen LogP contribution in [0.15, 0.2) is 90.3 Å². The van der Waals surface area contributed by atoms with Crippen molar-refractivity contribution >= 4 is 23.3 Å². The summed E-state index contributed by atoms with van der Waals surface area (Å²) in [5.74, 6) is -2.48. The van der Waals surface area contributed by atoms with Gasteiger partial charge < -0.3 is 20.6 Å². The molecule has 168 valence electrons. The van der Waals surface area contributed by atoms with Crippen molar-refractivity contribution < 1.29 is 24.9 Å². The standard InChI is InChI=1S/C21H23NOS.C4H4O4/c1-17(15-22-16-20-13-8-14-24-20)21(23,18-9-4-2-5-10-18)19-11-6-3-7-12-19;5-3(6)1-2-4(7)8/h2-14,17,22-23H,15-16H2,1H3;1-2H,(H,5,6)(H,7,8)/b;2-1-. The van der Waals surface area contributed by atoms with Gasteiger partial charge in [0, 0.05) is 36.0 Å². The quantitative estimate of drug-likeness (QED) is 0.363. The zero-order valence-corrected chi connectivity index (χ0v) is 18.5. The van der Waals surface area contributed by atoms with Crippen molar-refractivity contribution in [1.82, 2.24) is 5.32 Å². The number of carboxylic acid groups (broad SMARTS) is 2. The van der Waals surface area contributed by atoms with Gasteiger partial charge in [-0.3, -0.25) is 0 Å². The van der Waals surface area contributed by atoms with Crippen molar-refractivity contribution in [1.29, 1.82) is 0 Å². The molecule has 2 aromatic carbocycles. The van der Waals surface area contributed by atoms with E-state index in [0.717, 1.165) is 24.2 Å². The second-order valence-corrected chi connectivity index (χ2v) is 8.15. The molecule has 0 fully saturated rings. The molecule has 1 atom stereocenters. The van der Waals surface area contributed by atoms with Gasteiger partial charge in [-0.05, 0) is 22.6 Å². The van der Waals surface area contributed by atoms with E-state index in [1.54, 1.807) is 11.3 Å². The topological polar surface area (TPSA) is 107 Å². The van der Waals surface area contributed by atoms with E-state index < -0.39 is 17.5 Å². The number of hydrogen-bond acceptors (Lipinski definition) is 5. The van der Waals surface area contributed by atoms with E-state index in [4.69, 9.17) is 10.2 Å². The fraction of sp³-hybridized carbons (Fsp3) is 0.200. The van der Waals surface area contributed by atoms with Crippen LogP contribution in [0.1, 0.15) is 22.9 Å². The molecule has 32 heavy (non-hydrogen) atoms. The molecule has 3 aromatic rings. The Bertz CT molecular complexity index is 932. The monoisotopic (exact) mass is 453 g/mol. The highest BCUT2D eigenvalue weighted by atomic mass is 32.1. The molecule has 0 aliphatic carbocycles. The Morgan fingerprint density at radius 3 is 1.81 bits per heavy atom. The first-order chi connectivity index (χ1) is 15.3. The van der Waals surface area contributed by atoms with Crippen LogP contribution in [0.4, 0.5) is 0 Å². The summed E-state index contributed by atoms with van der Waals surface area (Å²) in [7, 11) is 0. The molecule has 1 heterocycles. The van der Waals surface area contributed by atoms with Crippen molar-refractivity contribution in [2.45, 2.75) is 19.1 Å². The molecular weight excluding hydrogens is 426 g/mol. The number of benzene rings is 2. The number of hydrogen-bond donors (Lipinski definition) is 4. The molecule has 0 aliphatic rings. The second kappa shape index (κ2) is 12.6. The Balaban J connectivity index is 0.000000390. The lowest BCUT2D eigenvalue weighted by atomic mass is 9.77. The summed E-state index contributed by atoms with van der Waals surface area (Å²) in [4.78, 5) is 20.4. The second-order valence-electron chi connectivity index (χ2n) is 7.12. The Labute approximate surface area is 191 Å². The average Bonchev–Trinajstić information content (AvgIpc) is 3.32. The molecule has 7 heteroatoms. The van der Waals surface area contributed by atoms with Crippen LogP contribution in [-0.2, 0) is 21.7 Å². The first-order valence-electron chi connectivity index (χ1n) is 10.0. The minimum Gasteiger partial charge on any atom is -0.478 e. The first kappa shape index (κ1) is 25.0. The summed E-state index contributed by atoms with van der Waals surface area (Å²) < 4.78 is 0.